The molecule has 0 unspecified atom stereocenters. The minimum absolute atomic E-state index is 0.0309. The van der Waals surface area contributed by atoms with E-state index in [9.17, 15) is 22.0 Å². The average Bonchev–Trinajstić information content (AvgIpc) is 3.15. The zero-order valence-electron chi connectivity index (χ0n) is 16.3. The van der Waals surface area contributed by atoms with E-state index in [1.807, 2.05) is 0 Å². The summed E-state index contributed by atoms with van der Waals surface area (Å²) in [5.41, 5.74) is 1.34. The van der Waals surface area contributed by atoms with Crippen LogP contribution in [-0.2, 0) is 14.6 Å². The maximum absolute atomic E-state index is 14.5. The summed E-state index contributed by atoms with van der Waals surface area (Å²) in [6.07, 6.45) is 0. The van der Waals surface area contributed by atoms with Gasteiger partial charge in [0.2, 0.25) is 5.91 Å². The standard InChI is InChI=1S/C20H18ClF2N3O3S2/c1-11-13(21)3-2-4-15(11)24-19(27)8-30-20-25-16-9-31(28,29)10-18(16)26(20)17-6-5-12(22)7-14(17)23/h2-7,16,18H,8-10H2,1H3,(H,24,27)/t16-,18-/m1/s1. The zero-order valence-corrected chi connectivity index (χ0v) is 18.7. The number of amides is 1. The smallest absolute Gasteiger partial charge is 0.234 e. The fraction of sp³-hybridized carbons (Fsp3) is 0.300. The molecule has 11 heteroatoms. The molecule has 164 valence electrons. The lowest BCUT2D eigenvalue weighted by molar-refractivity contribution is -0.113. The molecular weight excluding hydrogens is 468 g/mol. The summed E-state index contributed by atoms with van der Waals surface area (Å²) in [5.74, 6) is -2.24. The van der Waals surface area contributed by atoms with E-state index in [1.54, 1.807) is 25.1 Å². The fourth-order valence-electron chi connectivity index (χ4n) is 3.65. The highest BCUT2D eigenvalue weighted by molar-refractivity contribution is 8.14. The lowest BCUT2D eigenvalue weighted by Crippen LogP contribution is -2.40. The molecule has 0 spiro atoms. The summed E-state index contributed by atoms with van der Waals surface area (Å²) in [5, 5.41) is 3.63. The highest BCUT2D eigenvalue weighted by atomic mass is 35.5. The zero-order chi connectivity index (χ0) is 22.3. The number of nitrogens with one attached hydrogen (secondary N) is 1. The van der Waals surface area contributed by atoms with Crippen LogP contribution >= 0.6 is 23.4 Å². The Balaban J connectivity index is 1.54. The molecule has 31 heavy (non-hydrogen) atoms. The van der Waals surface area contributed by atoms with E-state index < -0.39 is 33.6 Å². The third-order valence-electron chi connectivity index (χ3n) is 5.15. The van der Waals surface area contributed by atoms with E-state index in [0.717, 1.165) is 29.5 Å². The quantitative estimate of drug-likeness (QED) is 0.715. The Labute approximate surface area is 187 Å². The van der Waals surface area contributed by atoms with Crippen LogP contribution in [0.3, 0.4) is 0 Å². The molecule has 0 radical (unpaired) electrons. The molecule has 6 nitrogen and oxygen atoms in total. The van der Waals surface area contributed by atoms with Gasteiger partial charge in [-0.1, -0.05) is 29.4 Å². The summed E-state index contributed by atoms with van der Waals surface area (Å²) >= 11 is 7.14. The molecule has 1 fully saturated rings. The first-order chi connectivity index (χ1) is 14.6. The van der Waals surface area contributed by atoms with Gasteiger partial charge < -0.3 is 10.2 Å². The molecule has 2 heterocycles. The van der Waals surface area contributed by atoms with E-state index in [0.29, 0.717) is 15.9 Å². The summed E-state index contributed by atoms with van der Waals surface area (Å²) in [6.45, 7) is 1.78. The average molecular weight is 486 g/mol. The molecule has 0 saturated carbocycles. The topological polar surface area (TPSA) is 78.8 Å². The minimum atomic E-state index is -3.32. The number of rotatable bonds is 4. The minimum Gasteiger partial charge on any atom is -0.325 e. The summed E-state index contributed by atoms with van der Waals surface area (Å²) in [4.78, 5) is 18.4. The maximum atomic E-state index is 14.5. The molecule has 1 amide bonds. The van der Waals surface area contributed by atoms with Crippen molar-refractivity contribution < 1.29 is 22.0 Å². The van der Waals surface area contributed by atoms with Gasteiger partial charge in [0.25, 0.3) is 0 Å². The molecule has 2 atom stereocenters. The first kappa shape index (κ1) is 22.0. The second-order valence-corrected chi connectivity index (χ2v) is 10.8. The van der Waals surface area contributed by atoms with Gasteiger partial charge in [0.15, 0.2) is 15.0 Å². The first-order valence-corrected chi connectivity index (χ1v) is 12.5. The Morgan fingerprint density at radius 1 is 1.29 bits per heavy atom. The van der Waals surface area contributed by atoms with Gasteiger partial charge in [-0.3, -0.25) is 9.79 Å². The SMILES string of the molecule is Cc1c(Cl)cccc1NC(=O)CSC1=N[C@@H]2CS(=O)(=O)C[C@H]2N1c1ccc(F)cc1F. The first-order valence-electron chi connectivity index (χ1n) is 9.35. The summed E-state index contributed by atoms with van der Waals surface area (Å²) in [7, 11) is -3.32. The molecule has 0 bridgehead atoms. The Kier molecular flexibility index (Phi) is 5.97. The lowest BCUT2D eigenvalue weighted by Gasteiger charge is -2.26. The van der Waals surface area contributed by atoms with Gasteiger partial charge in [0.1, 0.15) is 11.6 Å². The predicted octanol–water partition coefficient (Wildman–Crippen LogP) is 3.64. The molecule has 0 aliphatic carbocycles. The normalized spacial score (nSPS) is 21.7. The van der Waals surface area contributed by atoms with E-state index in [2.05, 4.69) is 10.3 Å². The molecule has 1 N–H and O–H groups in total. The van der Waals surface area contributed by atoms with Gasteiger partial charge in [-0.25, -0.2) is 17.2 Å². The fourth-order valence-corrected chi connectivity index (χ4v) is 6.59. The van der Waals surface area contributed by atoms with Crippen LogP contribution in [0, 0.1) is 18.6 Å². The van der Waals surface area contributed by atoms with Gasteiger partial charge in [-0.15, -0.1) is 0 Å². The number of sulfone groups is 1. The van der Waals surface area contributed by atoms with Crippen molar-refractivity contribution >= 4 is 55.6 Å². The van der Waals surface area contributed by atoms with E-state index in [-0.39, 0.29) is 28.9 Å². The van der Waals surface area contributed by atoms with E-state index in [4.69, 9.17) is 11.6 Å². The molecule has 2 aliphatic heterocycles. The third-order valence-corrected chi connectivity index (χ3v) is 8.23. The van der Waals surface area contributed by atoms with E-state index in [1.165, 1.54) is 11.0 Å². The van der Waals surface area contributed by atoms with Crippen LogP contribution in [0.4, 0.5) is 20.2 Å². The van der Waals surface area contributed by atoms with Crippen molar-refractivity contribution in [1.29, 1.82) is 0 Å². The van der Waals surface area contributed by atoms with Crippen LogP contribution in [0.15, 0.2) is 41.4 Å². The van der Waals surface area contributed by atoms with Gasteiger partial charge in [-0.05, 0) is 36.8 Å². The number of thioether (sulfide) groups is 1. The van der Waals surface area contributed by atoms with Crippen molar-refractivity contribution in [3.63, 3.8) is 0 Å². The van der Waals surface area contributed by atoms with Crippen LogP contribution in [0.25, 0.3) is 0 Å². The number of halogens is 3. The number of carbonyl (C=O) groups is 1. The predicted molar refractivity (Wildman–Crippen MR) is 120 cm³/mol. The number of carbonyl (C=O) groups excluding carboxylic acids is 1. The van der Waals surface area contributed by atoms with Crippen molar-refractivity contribution in [2.45, 2.75) is 19.0 Å². The number of benzene rings is 2. The van der Waals surface area contributed by atoms with Crippen LogP contribution in [0.1, 0.15) is 5.56 Å². The largest absolute Gasteiger partial charge is 0.325 e. The maximum Gasteiger partial charge on any atom is 0.234 e. The van der Waals surface area contributed by atoms with Gasteiger partial charge in [0, 0.05) is 16.8 Å². The second kappa shape index (κ2) is 8.40. The Morgan fingerprint density at radius 2 is 2.06 bits per heavy atom. The molecule has 4 rings (SSSR count). The number of nitrogens with zero attached hydrogens (tertiary/aromatic N) is 2. The van der Waals surface area contributed by atoms with Gasteiger partial charge in [-0.2, -0.15) is 0 Å². The lowest BCUT2D eigenvalue weighted by atomic mass is 10.1. The van der Waals surface area contributed by atoms with E-state index >= 15 is 0 Å². The monoisotopic (exact) mass is 485 g/mol. The molecular formula is C20H18ClF2N3O3S2. The number of aliphatic imine (C=N–C) groups is 1. The Bertz CT molecular complexity index is 1190. The van der Waals surface area contributed by atoms with Crippen LogP contribution < -0.4 is 10.2 Å². The molecule has 2 aromatic rings. The molecule has 0 aromatic heterocycles. The number of anilines is 2. The van der Waals surface area contributed by atoms with Crippen molar-refractivity contribution in [2.24, 2.45) is 4.99 Å². The van der Waals surface area contributed by atoms with Crippen molar-refractivity contribution in [1.82, 2.24) is 0 Å². The Hall–Kier alpha value is -2.17. The number of amidine groups is 1. The van der Waals surface area contributed by atoms with Crippen molar-refractivity contribution in [3.8, 4) is 0 Å². The second-order valence-electron chi connectivity index (χ2n) is 7.34. The van der Waals surface area contributed by atoms with Gasteiger partial charge in [0.05, 0.1) is 35.0 Å². The number of hydrogen-bond donors (Lipinski definition) is 1. The van der Waals surface area contributed by atoms with Crippen LogP contribution in [-0.4, -0.2) is 48.8 Å². The highest BCUT2D eigenvalue weighted by Gasteiger charge is 2.47. The van der Waals surface area contributed by atoms with Crippen molar-refractivity contribution in [3.05, 3.63) is 58.6 Å². The third kappa shape index (κ3) is 4.56. The van der Waals surface area contributed by atoms with Crippen LogP contribution in [0.5, 0.6) is 0 Å². The number of fused-ring (bicyclic) bond motifs is 1. The molecule has 2 aromatic carbocycles. The molecule has 1 saturated heterocycles. The summed E-state index contributed by atoms with van der Waals surface area (Å²) < 4.78 is 52.0. The summed E-state index contributed by atoms with van der Waals surface area (Å²) in [6, 6.07) is 7.11. The van der Waals surface area contributed by atoms with Crippen molar-refractivity contribution in [2.75, 3.05) is 27.5 Å². The Morgan fingerprint density at radius 3 is 2.81 bits per heavy atom. The molecule has 2 aliphatic rings. The number of hydrogen-bond acceptors (Lipinski definition) is 6. The van der Waals surface area contributed by atoms with Gasteiger partial charge >= 0.3 is 0 Å². The van der Waals surface area contributed by atoms with Crippen LogP contribution in [0.2, 0.25) is 5.02 Å². The highest BCUT2D eigenvalue weighted by Crippen LogP contribution is 2.36.